The van der Waals surface area contributed by atoms with Gasteiger partial charge in [0.2, 0.25) is 0 Å². The predicted octanol–water partition coefficient (Wildman–Crippen LogP) is 6.33. The maximum Gasteiger partial charge on any atom is 0.303 e. The summed E-state index contributed by atoms with van der Waals surface area (Å²) in [6.07, 6.45) is 1.79. The van der Waals surface area contributed by atoms with Gasteiger partial charge in [0.05, 0.1) is 0 Å². The molecule has 218 valence electrons. The van der Waals surface area contributed by atoms with Gasteiger partial charge in [-0.3, -0.25) is 14.5 Å². The van der Waals surface area contributed by atoms with Crippen LogP contribution in [0.1, 0.15) is 35.7 Å². The number of amides is 1. The molecule has 0 bridgehead atoms. The number of nitrogens with zero attached hydrogens (tertiary/aromatic N) is 2. The zero-order valence-electron chi connectivity index (χ0n) is 24.3. The lowest BCUT2D eigenvalue weighted by atomic mass is 10.1. The molecule has 1 saturated heterocycles. The molecule has 0 aliphatic carbocycles. The molecule has 1 amide bonds. The minimum Gasteiger partial charge on any atom is -0.481 e. The number of aryl methyl sites for hydroxylation is 1. The van der Waals surface area contributed by atoms with E-state index in [-0.39, 0.29) is 24.5 Å². The Bertz CT molecular complexity index is 1750. The fraction of sp³-hybridized carbons (Fsp3) is 0.158. The Balaban J connectivity index is 1.36. The topological polar surface area (TPSA) is 60.9 Å². The number of para-hydroxylation sites is 1. The summed E-state index contributed by atoms with van der Waals surface area (Å²) in [5.74, 6) is -0.680. The van der Waals surface area contributed by atoms with Crippen molar-refractivity contribution in [2.75, 3.05) is 9.80 Å². The highest BCUT2D eigenvalue weighted by Gasteiger charge is 2.51. The van der Waals surface area contributed by atoms with Crippen molar-refractivity contribution in [1.29, 1.82) is 0 Å². The van der Waals surface area contributed by atoms with Gasteiger partial charge < -0.3 is 10.0 Å². The van der Waals surface area contributed by atoms with Gasteiger partial charge in [0, 0.05) is 29.8 Å². The summed E-state index contributed by atoms with van der Waals surface area (Å²) in [6, 6.07) is 46.3. The summed E-state index contributed by atoms with van der Waals surface area (Å²) >= 11 is 0. The van der Waals surface area contributed by atoms with E-state index in [9.17, 15) is 9.59 Å². The third-order valence-corrected chi connectivity index (χ3v) is 11.1. The third kappa shape index (κ3) is 5.18. The summed E-state index contributed by atoms with van der Waals surface area (Å²) in [4.78, 5) is 29.8. The van der Waals surface area contributed by atoms with Crippen LogP contribution in [0.25, 0.3) is 0 Å². The molecule has 1 N–H and O–H groups in total. The summed E-state index contributed by atoms with van der Waals surface area (Å²) < 4.78 is 0. The first-order valence-corrected chi connectivity index (χ1v) is 16.4. The first-order valence-electron chi connectivity index (χ1n) is 15.1. The molecule has 1 fully saturated rings. The number of anilines is 2. The van der Waals surface area contributed by atoms with Crippen molar-refractivity contribution in [3.63, 3.8) is 0 Å². The van der Waals surface area contributed by atoms with E-state index in [0.717, 1.165) is 22.5 Å². The van der Waals surface area contributed by atoms with Crippen LogP contribution < -0.4 is 25.7 Å². The van der Waals surface area contributed by atoms with Gasteiger partial charge in [-0.15, -0.1) is 0 Å². The molecular formula is C38H33N2O3P. The number of carbonyl (C=O) groups excluding carboxylic acids is 1. The number of carboxylic acids is 1. The number of carboxylic acid groups (broad SMARTS) is 1. The lowest BCUT2D eigenvalue weighted by Crippen LogP contribution is -2.36. The Morgan fingerprint density at radius 3 is 2.05 bits per heavy atom. The monoisotopic (exact) mass is 596 g/mol. The number of hydrogen-bond donors (Lipinski definition) is 1. The van der Waals surface area contributed by atoms with Crippen molar-refractivity contribution in [1.82, 2.24) is 0 Å². The van der Waals surface area contributed by atoms with Crippen LogP contribution in [-0.4, -0.2) is 23.0 Å². The largest absolute Gasteiger partial charge is 0.481 e. The Kier molecular flexibility index (Phi) is 7.72. The van der Waals surface area contributed by atoms with Gasteiger partial charge in [-0.1, -0.05) is 115 Å². The summed E-state index contributed by atoms with van der Waals surface area (Å²) in [6.45, 7) is 0. The zero-order chi connectivity index (χ0) is 30.0. The van der Waals surface area contributed by atoms with Crippen LogP contribution in [-0.2, 0) is 22.4 Å². The number of hydrogen-bond acceptors (Lipinski definition) is 3. The molecule has 0 spiro atoms. The Hall–Kier alpha value is -4.73. The number of carbonyl (C=O) groups is 2. The van der Waals surface area contributed by atoms with E-state index >= 15 is 0 Å². The van der Waals surface area contributed by atoms with Crippen molar-refractivity contribution in [2.45, 2.75) is 37.9 Å². The predicted molar refractivity (Wildman–Crippen MR) is 179 cm³/mol. The van der Waals surface area contributed by atoms with Gasteiger partial charge in [0.25, 0.3) is 5.91 Å². The van der Waals surface area contributed by atoms with Gasteiger partial charge in [-0.25, -0.2) is 0 Å². The van der Waals surface area contributed by atoms with Crippen LogP contribution in [0.4, 0.5) is 11.4 Å². The standard InChI is InChI=1S/C38H33N2O3P/c41-36(42)21-11-12-27-22-24-29(25-23-27)39-37(40-33-19-9-7-13-28(33)26-34(40)38(39)43)32-18-8-10-20-35(32)44(30-14-3-1-4-15-30)31-16-5-2-6-17-31/h1-10,13-20,22-25,34,37H,11-12,21,26H2,(H,41,42)/t34-,37-/m0/s1. The van der Waals surface area contributed by atoms with Crippen LogP contribution in [0.2, 0.25) is 0 Å². The molecule has 6 heteroatoms. The van der Waals surface area contributed by atoms with Crippen molar-refractivity contribution in [2.24, 2.45) is 0 Å². The SMILES string of the molecule is O=C(O)CCCc1ccc(N2C(=O)[C@@H]3Cc4ccccc4N3[C@H]2c2ccccc2P(c2ccccc2)c2ccccc2)cc1. The molecule has 5 aromatic carbocycles. The minimum atomic E-state index is -0.900. The van der Waals surface area contributed by atoms with Gasteiger partial charge in [-0.05, 0) is 66.0 Å². The van der Waals surface area contributed by atoms with E-state index in [1.54, 1.807) is 0 Å². The van der Waals surface area contributed by atoms with Crippen LogP contribution in [0.15, 0.2) is 133 Å². The first kappa shape index (κ1) is 28.1. The average molecular weight is 597 g/mol. The second kappa shape index (κ2) is 12.1. The van der Waals surface area contributed by atoms with Crippen LogP contribution in [0, 0.1) is 0 Å². The highest BCUT2D eigenvalue weighted by atomic mass is 31.1. The fourth-order valence-electron chi connectivity index (χ4n) is 6.64. The number of aliphatic carboxylic acids is 1. The molecule has 2 atom stereocenters. The molecule has 2 aliphatic heterocycles. The van der Waals surface area contributed by atoms with Gasteiger partial charge in [0.15, 0.2) is 0 Å². The van der Waals surface area contributed by atoms with Gasteiger partial charge >= 0.3 is 5.97 Å². The molecule has 44 heavy (non-hydrogen) atoms. The zero-order valence-corrected chi connectivity index (χ0v) is 25.2. The van der Waals surface area contributed by atoms with E-state index in [0.29, 0.717) is 19.3 Å². The molecule has 2 aliphatic rings. The highest BCUT2D eigenvalue weighted by Crippen LogP contribution is 2.48. The summed E-state index contributed by atoms with van der Waals surface area (Å²) in [7, 11) is -0.900. The van der Waals surface area contributed by atoms with Gasteiger partial charge in [-0.2, -0.15) is 0 Å². The van der Waals surface area contributed by atoms with Crippen molar-refractivity contribution in [3.05, 3.63) is 150 Å². The van der Waals surface area contributed by atoms with Crippen LogP contribution in [0.5, 0.6) is 0 Å². The number of rotatable bonds is 9. The molecule has 0 radical (unpaired) electrons. The van der Waals surface area contributed by atoms with E-state index in [1.165, 1.54) is 21.5 Å². The molecule has 0 unspecified atom stereocenters. The Labute approximate surface area is 259 Å². The summed E-state index contributed by atoms with van der Waals surface area (Å²) in [5.41, 5.74) is 5.37. The minimum absolute atomic E-state index is 0.100. The molecule has 0 aromatic heterocycles. The first-order chi connectivity index (χ1) is 21.6. The average Bonchev–Trinajstić information content (AvgIpc) is 3.57. The summed E-state index contributed by atoms with van der Waals surface area (Å²) in [5, 5.41) is 12.8. The molecule has 5 aromatic rings. The molecule has 7 rings (SSSR count). The normalized spacial score (nSPS) is 17.2. The number of fused-ring (bicyclic) bond motifs is 3. The second-order valence-electron chi connectivity index (χ2n) is 11.3. The van der Waals surface area contributed by atoms with E-state index in [4.69, 9.17) is 5.11 Å². The second-order valence-corrected chi connectivity index (χ2v) is 13.5. The maximum atomic E-state index is 14.4. The van der Waals surface area contributed by atoms with Gasteiger partial charge in [0.1, 0.15) is 12.2 Å². The molecular weight excluding hydrogens is 563 g/mol. The fourth-order valence-corrected chi connectivity index (χ4v) is 9.12. The van der Waals surface area contributed by atoms with E-state index in [2.05, 4.69) is 114 Å². The highest BCUT2D eigenvalue weighted by molar-refractivity contribution is 7.79. The Morgan fingerprint density at radius 2 is 1.36 bits per heavy atom. The molecule has 0 saturated carbocycles. The lowest BCUT2D eigenvalue weighted by Gasteiger charge is -2.34. The molecule has 2 heterocycles. The van der Waals surface area contributed by atoms with Crippen LogP contribution >= 0.6 is 7.92 Å². The number of benzene rings is 5. The molecule has 5 nitrogen and oxygen atoms in total. The Morgan fingerprint density at radius 1 is 0.750 bits per heavy atom. The van der Waals surface area contributed by atoms with Crippen molar-refractivity contribution >= 4 is 47.1 Å². The van der Waals surface area contributed by atoms with E-state index in [1.807, 2.05) is 29.2 Å². The van der Waals surface area contributed by atoms with Crippen molar-refractivity contribution in [3.8, 4) is 0 Å². The lowest BCUT2D eigenvalue weighted by molar-refractivity contribution is -0.137. The quantitative estimate of drug-likeness (QED) is 0.202. The smallest absolute Gasteiger partial charge is 0.303 e. The maximum absolute atomic E-state index is 14.4. The third-order valence-electron chi connectivity index (χ3n) is 8.60. The van der Waals surface area contributed by atoms with E-state index < -0.39 is 13.9 Å². The van der Waals surface area contributed by atoms with Crippen molar-refractivity contribution < 1.29 is 14.7 Å². The van der Waals surface area contributed by atoms with Crippen LogP contribution in [0.3, 0.4) is 0 Å².